The van der Waals surface area contributed by atoms with E-state index in [4.69, 9.17) is 15.9 Å². The monoisotopic (exact) mass is 238 g/mol. The second-order valence-electron chi connectivity index (χ2n) is 5.52. The van der Waals surface area contributed by atoms with Gasteiger partial charge in [0.25, 0.3) is 0 Å². The lowest BCUT2D eigenvalue weighted by Gasteiger charge is -2.29. The summed E-state index contributed by atoms with van der Waals surface area (Å²) in [4.78, 5) is 11.8. The number of ether oxygens (including phenoxy) is 2. The van der Waals surface area contributed by atoms with Crippen molar-refractivity contribution < 1.29 is 14.3 Å². The number of carbonyl (C=O) groups excluding carboxylic acids is 1. The molecule has 1 rings (SSSR count). The molecule has 0 atom stereocenters. The maximum Gasteiger partial charge on any atom is 0.309 e. The first kappa shape index (κ1) is 14.1. The van der Waals surface area contributed by atoms with Crippen molar-refractivity contribution in [2.24, 2.45) is 5.92 Å². The van der Waals surface area contributed by atoms with E-state index >= 15 is 0 Å². The minimum Gasteiger partial charge on any atom is -0.460 e. The highest BCUT2D eigenvalue weighted by atomic mass is 16.6. The zero-order chi connectivity index (χ0) is 12.9. The maximum absolute atomic E-state index is 11.8. The molecule has 0 unspecified atom stereocenters. The molecule has 17 heavy (non-hydrogen) atoms. The molecule has 0 aliphatic heterocycles. The second kappa shape index (κ2) is 6.07. The molecule has 0 aromatic rings. The Kier molecular flexibility index (Phi) is 5.02. The Balaban J connectivity index is 2.32. The molecule has 0 N–H and O–H groups in total. The molecular weight excluding hydrogens is 216 g/mol. The molecule has 1 saturated carbocycles. The van der Waals surface area contributed by atoms with Crippen molar-refractivity contribution in [3.63, 3.8) is 0 Å². The largest absolute Gasteiger partial charge is 0.460 e. The third-order valence-corrected chi connectivity index (χ3v) is 2.82. The van der Waals surface area contributed by atoms with E-state index in [9.17, 15) is 4.79 Å². The average molecular weight is 238 g/mol. The number of hydrogen-bond donors (Lipinski definition) is 0. The zero-order valence-corrected chi connectivity index (χ0v) is 11.0. The van der Waals surface area contributed by atoms with Gasteiger partial charge in [-0.25, -0.2) is 0 Å². The molecule has 1 aliphatic rings. The molecule has 0 aromatic heterocycles. The molecule has 3 heteroatoms. The van der Waals surface area contributed by atoms with Crippen molar-refractivity contribution in [1.82, 2.24) is 0 Å². The molecule has 1 fully saturated rings. The topological polar surface area (TPSA) is 35.5 Å². The normalized spacial score (nSPS) is 25.1. The minimum absolute atomic E-state index is 0.0277. The predicted molar refractivity (Wildman–Crippen MR) is 66.4 cm³/mol. The van der Waals surface area contributed by atoms with Crippen LogP contribution in [-0.4, -0.2) is 24.3 Å². The van der Waals surface area contributed by atoms with Gasteiger partial charge >= 0.3 is 5.97 Å². The van der Waals surface area contributed by atoms with E-state index in [0.29, 0.717) is 6.61 Å². The standard InChI is InChI=1S/C14H22O3/c1-5-10-16-12-8-6-11(7-9-12)13(15)17-14(2,3)4/h1,11-12H,6-10H2,2-4H3. The highest BCUT2D eigenvalue weighted by Gasteiger charge is 2.29. The smallest absolute Gasteiger partial charge is 0.309 e. The lowest BCUT2D eigenvalue weighted by atomic mass is 9.87. The zero-order valence-electron chi connectivity index (χ0n) is 11.0. The van der Waals surface area contributed by atoms with Gasteiger partial charge in [-0.1, -0.05) is 5.92 Å². The summed E-state index contributed by atoms with van der Waals surface area (Å²) in [6.45, 7) is 6.05. The predicted octanol–water partition coefficient (Wildman–Crippen LogP) is 2.54. The van der Waals surface area contributed by atoms with Gasteiger partial charge in [0.2, 0.25) is 0 Å². The Morgan fingerprint density at radius 2 is 1.88 bits per heavy atom. The fourth-order valence-corrected chi connectivity index (χ4v) is 2.02. The van der Waals surface area contributed by atoms with Gasteiger partial charge in [0.1, 0.15) is 12.2 Å². The Labute approximate surface area is 104 Å². The second-order valence-corrected chi connectivity index (χ2v) is 5.52. The fraction of sp³-hybridized carbons (Fsp3) is 0.786. The molecule has 96 valence electrons. The van der Waals surface area contributed by atoms with Crippen molar-refractivity contribution >= 4 is 5.97 Å². The molecule has 0 amide bonds. The van der Waals surface area contributed by atoms with E-state index in [0.717, 1.165) is 25.7 Å². The molecule has 0 bridgehead atoms. The first-order valence-electron chi connectivity index (χ1n) is 6.20. The fourth-order valence-electron chi connectivity index (χ4n) is 2.02. The summed E-state index contributed by atoms with van der Waals surface area (Å²) in [6.07, 6.45) is 8.82. The summed E-state index contributed by atoms with van der Waals surface area (Å²) >= 11 is 0. The summed E-state index contributed by atoms with van der Waals surface area (Å²) in [5, 5.41) is 0. The van der Waals surface area contributed by atoms with Crippen LogP contribution in [0.1, 0.15) is 46.5 Å². The maximum atomic E-state index is 11.8. The van der Waals surface area contributed by atoms with Crippen LogP contribution >= 0.6 is 0 Å². The van der Waals surface area contributed by atoms with Crippen LogP contribution in [-0.2, 0) is 14.3 Å². The Bertz CT molecular complexity index is 288. The van der Waals surface area contributed by atoms with E-state index < -0.39 is 5.60 Å². The SMILES string of the molecule is C#CCOC1CCC(C(=O)OC(C)(C)C)CC1. The van der Waals surface area contributed by atoms with Crippen LogP contribution in [0.15, 0.2) is 0 Å². The van der Waals surface area contributed by atoms with Crippen LogP contribution in [0.3, 0.4) is 0 Å². The summed E-state index contributed by atoms with van der Waals surface area (Å²) in [5.41, 5.74) is -0.395. The first-order valence-corrected chi connectivity index (χ1v) is 6.20. The van der Waals surface area contributed by atoms with Crippen molar-refractivity contribution in [3.05, 3.63) is 0 Å². The van der Waals surface area contributed by atoms with Crippen LogP contribution in [0.25, 0.3) is 0 Å². The van der Waals surface area contributed by atoms with Crippen LogP contribution in [0.2, 0.25) is 0 Å². The molecule has 0 spiro atoms. The summed E-state index contributed by atoms with van der Waals surface area (Å²) in [5.74, 6) is 2.42. The van der Waals surface area contributed by atoms with Gasteiger partial charge in [0, 0.05) is 0 Å². The molecule has 0 heterocycles. The van der Waals surface area contributed by atoms with Crippen LogP contribution in [0.5, 0.6) is 0 Å². The number of esters is 1. The molecule has 1 aliphatic carbocycles. The highest BCUT2D eigenvalue weighted by Crippen LogP contribution is 2.28. The van der Waals surface area contributed by atoms with Crippen molar-refractivity contribution in [2.45, 2.75) is 58.2 Å². The van der Waals surface area contributed by atoms with Crippen LogP contribution in [0, 0.1) is 18.3 Å². The number of rotatable bonds is 3. The Hall–Kier alpha value is -1.01. The molecule has 0 saturated heterocycles. The molecule has 0 aromatic carbocycles. The van der Waals surface area contributed by atoms with Gasteiger partial charge in [-0.05, 0) is 46.5 Å². The van der Waals surface area contributed by atoms with Gasteiger partial charge < -0.3 is 9.47 Å². The van der Waals surface area contributed by atoms with Crippen molar-refractivity contribution in [1.29, 1.82) is 0 Å². The van der Waals surface area contributed by atoms with Gasteiger partial charge in [-0.3, -0.25) is 4.79 Å². The lowest BCUT2D eigenvalue weighted by Crippen LogP contribution is -2.32. The third kappa shape index (κ3) is 5.23. The van der Waals surface area contributed by atoms with Crippen LogP contribution < -0.4 is 0 Å². The molecule has 3 nitrogen and oxygen atoms in total. The first-order chi connectivity index (χ1) is 7.92. The summed E-state index contributed by atoms with van der Waals surface area (Å²) in [7, 11) is 0. The Morgan fingerprint density at radius 3 is 2.35 bits per heavy atom. The van der Waals surface area contributed by atoms with E-state index in [1.165, 1.54) is 0 Å². The van der Waals surface area contributed by atoms with Gasteiger partial charge in [0.15, 0.2) is 0 Å². The molecular formula is C14H22O3. The van der Waals surface area contributed by atoms with Crippen molar-refractivity contribution in [3.8, 4) is 12.3 Å². The summed E-state index contributed by atoms with van der Waals surface area (Å²) in [6, 6.07) is 0. The Morgan fingerprint density at radius 1 is 1.29 bits per heavy atom. The van der Waals surface area contributed by atoms with Crippen LogP contribution in [0.4, 0.5) is 0 Å². The van der Waals surface area contributed by atoms with Gasteiger partial charge in [-0.15, -0.1) is 6.42 Å². The van der Waals surface area contributed by atoms with E-state index in [1.807, 2.05) is 20.8 Å². The minimum atomic E-state index is -0.395. The number of hydrogen-bond acceptors (Lipinski definition) is 3. The van der Waals surface area contributed by atoms with Gasteiger partial charge in [0.05, 0.1) is 12.0 Å². The third-order valence-electron chi connectivity index (χ3n) is 2.82. The molecule has 0 radical (unpaired) electrons. The highest BCUT2D eigenvalue weighted by molar-refractivity contribution is 5.72. The number of carbonyl (C=O) groups is 1. The summed E-state index contributed by atoms with van der Waals surface area (Å²) < 4.78 is 10.9. The van der Waals surface area contributed by atoms with E-state index in [2.05, 4.69) is 5.92 Å². The van der Waals surface area contributed by atoms with Crippen molar-refractivity contribution in [2.75, 3.05) is 6.61 Å². The van der Waals surface area contributed by atoms with E-state index in [1.54, 1.807) is 0 Å². The lowest BCUT2D eigenvalue weighted by molar-refractivity contribution is -0.162. The average Bonchev–Trinajstić information content (AvgIpc) is 2.24. The van der Waals surface area contributed by atoms with E-state index in [-0.39, 0.29) is 18.0 Å². The van der Waals surface area contributed by atoms with Gasteiger partial charge in [-0.2, -0.15) is 0 Å². The number of terminal acetylenes is 1. The quantitative estimate of drug-likeness (QED) is 0.560.